The summed E-state index contributed by atoms with van der Waals surface area (Å²) in [5, 5.41) is 0. The van der Waals surface area contributed by atoms with Crippen molar-refractivity contribution in [2.45, 2.75) is 51.9 Å². The van der Waals surface area contributed by atoms with Crippen LogP contribution < -0.4 is 0 Å². The average Bonchev–Trinajstić information content (AvgIpc) is 2.81. The van der Waals surface area contributed by atoms with Crippen LogP contribution in [0, 0.1) is 5.41 Å². The van der Waals surface area contributed by atoms with E-state index in [0.29, 0.717) is 6.32 Å². The normalized spacial score (nSPS) is 12.8. The van der Waals surface area contributed by atoms with Gasteiger partial charge in [-0.2, -0.15) is 0 Å². The highest BCUT2D eigenvalue weighted by Crippen LogP contribution is 2.37. The summed E-state index contributed by atoms with van der Waals surface area (Å²) in [5.41, 5.74) is 1.63. The molecular formula is C27H31BNO2. The Morgan fingerprint density at radius 3 is 1.90 bits per heavy atom. The molecule has 0 spiro atoms. The third kappa shape index (κ3) is 5.44. The van der Waals surface area contributed by atoms with Crippen molar-refractivity contribution in [3.8, 4) is 0 Å². The van der Waals surface area contributed by atoms with Crippen molar-refractivity contribution in [1.29, 1.82) is 0 Å². The molecule has 1 radical (unpaired) electrons. The van der Waals surface area contributed by atoms with Gasteiger partial charge in [0.15, 0.2) is 5.60 Å². The summed E-state index contributed by atoms with van der Waals surface area (Å²) < 4.78 is 6.28. The van der Waals surface area contributed by atoms with Gasteiger partial charge in [-0.25, -0.2) is 0 Å². The fourth-order valence-corrected chi connectivity index (χ4v) is 3.79. The third-order valence-electron chi connectivity index (χ3n) is 5.99. The van der Waals surface area contributed by atoms with E-state index in [1.54, 1.807) is 0 Å². The molecule has 0 fully saturated rings. The molecule has 1 unspecified atom stereocenters. The minimum absolute atomic E-state index is 0.205. The largest absolute Gasteiger partial charge is 0.449 e. The van der Waals surface area contributed by atoms with E-state index < -0.39 is 11.0 Å². The van der Waals surface area contributed by atoms with Crippen LogP contribution in [0.5, 0.6) is 0 Å². The van der Waals surface area contributed by atoms with E-state index in [-0.39, 0.29) is 11.8 Å². The predicted molar refractivity (Wildman–Crippen MR) is 127 cm³/mol. The van der Waals surface area contributed by atoms with Crippen LogP contribution in [-0.2, 0) is 15.1 Å². The second-order valence-corrected chi connectivity index (χ2v) is 8.77. The maximum absolute atomic E-state index is 13.4. The molecule has 1 atom stereocenters. The van der Waals surface area contributed by atoms with E-state index in [9.17, 15) is 4.79 Å². The van der Waals surface area contributed by atoms with E-state index in [1.807, 2.05) is 106 Å². The first-order valence-corrected chi connectivity index (χ1v) is 10.9. The Kier molecular flexibility index (Phi) is 7.32. The lowest BCUT2D eigenvalue weighted by Crippen LogP contribution is -2.37. The van der Waals surface area contributed by atoms with Gasteiger partial charge in [0.05, 0.1) is 5.41 Å². The van der Waals surface area contributed by atoms with Gasteiger partial charge in [-0.3, -0.25) is 9.78 Å². The first kappa shape index (κ1) is 22.8. The van der Waals surface area contributed by atoms with E-state index in [0.717, 1.165) is 17.5 Å². The number of hydrogen-bond acceptors (Lipinski definition) is 3. The van der Waals surface area contributed by atoms with Gasteiger partial charge in [-0.05, 0) is 41.6 Å². The summed E-state index contributed by atoms with van der Waals surface area (Å²) in [4.78, 5) is 17.5. The summed E-state index contributed by atoms with van der Waals surface area (Å²) in [7, 11) is 2.24. The van der Waals surface area contributed by atoms with Crippen LogP contribution in [0.25, 0.3) is 0 Å². The number of rotatable bonds is 9. The molecule has 0 aliphatic rings. The number of esters is 1. The molecule has 0 aliphatic carbocycles. The van der Waals surface area contributed by atoms with Gasteiger partial charge in [0.1, 0.15) is 7.28 Å². The van der Waals surface area contributed by atoms with Crippen molar-refractivity contribution in [1.82, 2.24) is 4.98 Å². The lowest BCUT2D eigenvalue weighted by molar-refractivity contribution is -0.165. The number of pyridine rings is 1. The van der Waals surface area contributed by atoms with Crippen LogP contribution in [-0.4, -0.2) is 18.2 Å². The number of aromatic nitrogens is 1. The van der Waals surface area contributed by atoms with Gasteiger partial charge >= 0.3 is 5.97 Å². The average molecular weight is 412 g/mol. The third-order valence-corrected chi connectivity index (χ3v) is 5.99. The van der Waals surface area contributed by atoms with Gasteiger partial charge in [-0.1, -0.05) is 94.2 Å². The van der Waals surface area contributed by atoms with E-state index in [1.165, 1.54) is 5.56 Å². The summed E-state index contributed by atoms with van der Waals surface area (Å²) in [6, 6.07) is 24.0. The van der Waals surface area contributed by atoms with Crippen molar-refractivity contribution in [2.75, 3.05) is 0 Å². The van der Waals surface area contributed by atoms with Crippen molar-refractivity contribution in [3.05, 3.63) is 102 Å². The summed E-state index contributed by atoms with van der Waals surface area (Å²) in [6.45, 7) is 8.05. The van der Waals surface area contributed by atoms with Gasteiger partial charge in [0.2, 0.25) is 0 Å². The number of benzene rings is 2. The van der Waals surface area contributed by atoms with Crippen LogP contribution in [0.15, 0.2) is 85.2 Å². The molecule has 0 saturated carbocycles. The van der Waals surface area contributed by atoms with Crippen LogP contribution in [0.3, 0.4) is 0 Å². The minimum Gasteiger partial charge on any atom is -0.449 e. The smallest absolute Gasteiger partial charge is 0.312 e. The van der Waals surface area contributed by atoms with Crippen LogP contribution >= 0.6 is 0 Å². The SMILES string of the molecule is CCC([B]CC(C)(C)C(=O)OC(C)(c1ccccc1)c1ccccc1)c1ccncc1. The Morgan fingerprint density at radius 2 is 1.42 bits per heavy atom. The van der Waals surface area contributed by atoms with Gasteiger partial charge in [0.25, 0.3) is 0 Å². The van der Waals surface area contributed by atoms with E-state index >= 15 is 0 Å². The Morgan fingerprint density at radius 1 is 0.903 bits per heavy atom. The molecule has 2 aromatic carbocycles. The molecule has 0 N–H and O–H groups in total. The van der Waals surface area contributed by atoms with Crippen molar-refractivity contribution >= 4 is 13.2 Å². The fourth-order valence-electron chi connectivity index (χ4n) is 3.79. The monoisotopic (exact) mass is 412 g/mol. The van der Waals surface area contributed by atoms with Crippen molar-refractivity contribution < 1.29 is 9.53 Å². The highest BCUT2D eigenvalue weighted by Gasteiger charge is 2.39. The highest BCUT2D eigenvalue weighted by molar-refractivity contribution is 6.38. The van der Waals surface area contributed by atoms with Crippen LogP contribution in [0.2, 0.25) is 6.32 Å². The Bertz CT molecular complexity index is 919. The molecule has 159 valence electrons. The first-order chi connectivity index (χ1) is 14.9. The second kappa shape index (κ2) is 9.95. The Hall–Kier alpha value is -2.88. The molecule has 0 bridgehead atoms. The maximum Gasteiger partial charge on any atom is 0.312 e. The molecule has 0 amide bonds. The molecular weight excluding hydrogens is 381 g/mol. The molecule has 4 heteroatoms. The second-order valence-electron chi connectivity index (χ2n) is 8.77. The highest BCUT2D eigenvalue weighted by atomic mass is 16.6. The summed E-state index contributed by atoms with van der Waals surface area (Å²) in [5.74, 6) is 0.0771. The fraction of sp³-hybridized carbons (Fsp3) is 0.333. The lowest BCUT2D eigenvalue weighted by atomic mass is 9.53. The molecule has 0 saturated heterocycles. The van der Waals surface area contributed by atoms with Gasteiger partial charge < -0.3 is 4.74 Å². The molecule has 3 nitrogen and oxygen atoms in total. The van der Waals surface area contributed by atoms with E-state index in [2.05, 4.69) is 19.2 Å². The molecule has 3 rings (SSSR count). The Labute approximate surface area is 187 Å². The number of ether oxygens (including phenoxy) is 1. The predicted octanol–water partition coefficient (Wildman–Crippen LogP) is 6.19. The number of nitrogens with zero attached hydrogens (tertiary/aromatic N) is 1. The van der Waals surface area contributed by atoms with Crippen LogP contribution in [0.4, 0.5) is 0 Å². The zero-order valence-electron chi connectivity index (χ0n) is 18.9. The molecule has 0 aliphatic heterocycles. The quantitative estimate of drug-likeness (QED) is 0.311. The lowest BCUT2D eigenvalue weighted by Gasteiger charge is -2.35. The topological polar surface area (TPSA) is 39.2 Å². The van der Waals surface area contributed by atoms with Gasteiger partial charge in [0, 0.05) is 12.4 Å². The van der Waals surface area contributed by atoms with Crippen molar-refractivity contribution in [3.63, 3.8) is 0 Å². The summed E-state index contributed by atoms with van der Waals surface area (Å²) in [6.07, 6.45) is 5.24. The zero-order chi connectivity index (χ0) is 22.3. The molecule has 31 heavy (non-hydrogen) atoms. The van der Waals surface area contributed by atoms with Crippen molar-refractivity contribution in [2.24, 2.45) is 5.41 Å². The van der Waals surface area contributed by atoms with E-state index in [4.69, 9.17) is 4.74 Å². The van der Waals surface area contributed by atoms with Crippen LogP contribution in [0.1, 0.15) is 56.6 Å². The molecule has 1 aromatic heterocycles. The molecule has 1 heterocycles. The molecule has 3 aromatic rings. The zero-order valence-corrected chi connectivity index (χ0v) is 18.9. The first-order valence-electron chi connectivity index (χ1n) is 10.9. The standard InChI is InChI=1S/C27H31BNO2/c1-5-24(21-16-18-29-19-17-21)28-20-26(2,3)25(30)31-27(4,22-12-8-6-9-13-22)23-14-10-7-11-15-23/h6-19,24H,5,20H2,1-4H3. The summed E-state index contributed by atoms with van der Waals surface area (Å²) >= 11 is 0. The minimum atomic E-state index is -0.855. The maximum atomic E-state index is 13.4. The van der Waals surface area contributed by atoms with Gasteiger partial charge in [-0.15, -0.1) is 0 Å². The number of carbonyl (C=O) groups excluding carboxylic acids is 1. The Balaban J connectivity index is 1.79. The number of carbonyl (C=O) groups is 1. The number of hydrogen-bond donors (Lipinski definition) is 0.